The van der Waals surface area contributed by atoms with E-state index in [1.165, 1.54) is 15.4 Å². The van der Waals surface area contributed by atoms with Gasteiger partial charge >= 0.3 is 0 Å². The first-order valence-electron chi connectivity index (χ1n) is 4.47. The van der Waals surface area contributed by atoms with E-state index in [0.29, 0.717) is 5.75 Å². The predicted octanol–water partition coefficient (Wildman–Crippen LogP) is 2.57. The highest BCUT2D eigenvalue weighted by molar-refractivity contribution is 14.1. The smallest absolute Gasteiger partial charge is 0.148 e. The minimum absolute atomic E-state index is 0.266. The Morgan fingerprint density at radius 3 is 2.40 bits per heavy atom. The van der Waals surface area contributed by atoms with E-state index < -0.39 is 9.84 Å². The Labute approximate surface area is 109 Å². The first-order chi connectivity index (χ1) is 6.97. The van der Waals surface area contributed by atoms with Crippen molar-refractivity contribution in [3.8, 4) is 0 Å². The molecule has 0 aliphatic carbocycles. The Hall–Kier alpha value is 0.250. The molecule has 1 aromatic rings. The summed E-state index contributed by atoms with van der Waals surface area (Å²) in [6.07, 6.45) is 1.28. The van der Waals surface area contributed by atoms with Gasteiger partial charge in [-0.2, -0.15) is 11.8 Å². The van der Waals surface area contributed by atoms with Crippen LogP contribution >= 0.6 is 34.4 Å². The molecule has 0 aliphatic heterocycles. The molecule has 0 aliphatic rings. The van der Waals surface area contributed by atoms with Crippen LogP contribution in [0.4, 0.5) is 0 Å². The monoisotopic (exact) mass is 356 g/mol. The summed E-state index contributed by atoms with van der Waals surface area (Å²) in [7, 11) is -2.81. The lowest BCUT2D eigenvalue weighted by molar-refractivity contribution is 0.603. The third-order valence-corrected chi connectivity index (χ3v) is 4.73. The van der Waals surface area contributed by atoms with Gasteiger partial charge in [-0.05, 0) is 40.3 Å². The maximum absolute atomic E-state index is 10.9. The van der Waals surface area contributed by atoms with Crippen LogP contribution in [0.1, 0.15) is 5.56 Å². The molecule has 5 heteroatoms. The standard InChI is InChI=1S/C10H13IO2S2/c1-15(12,13)7-6-14-8-9-2-4-10(11)5-3-9/h2-5H,6-8H2,1H3. The van der Waals surface area contributed by atoms with Gasteiger partial charge in [-0.3, -0.25) is 0 Å². The molecule has 0 N–H and O–H groups in total. The van der Waals surface area contributed by atoms with E-state index in [1.54, 1.807) is 11.8 Å². The van der Waals surface area contributed by atoms with Crippen molar-refractivity contribution < 1.29 is 8.42 Å². The van der Waals surface area contributed by atoms with Gasteiger partial charge in [0.15, 0.2) is 0 Å². The van der Waals surface area contributed by atoms with E-state index in [0.717, 1.165) is 5.75 Å². The average Bonchev–Trinajstić information content (AvgIpc) is 2.14. The van der Waals surface area contributed by atoms with Crippen molar-refractivity contribution in [3.05, 3.63) is 33.4 Å². The Bertz CT molecular complexity index is 398. The molecule has 1 aromatic carbocycles. The van der Waals surface area contributed by atoms with Crippen molar-refractivity contribution in [1.29, 1.82) is 0 Å². The molecule has 2 nitrogen and oxygen atoms in total. The molecule has 0 aromatic heterocycles. The normalized spacial score (nSPS) is 11.6. The van der Waals surface area contributed by atoms with Crippen LogP contribution in [0, 0.1) is 3.57 Å². The van der Waals surface area contributed by atoms with Crippen molar-refractivity contribution >= 4 is 44.2 Å². The van der Waals surface area contributed by atoms with Gasteiger partial charge in [0.1, 0.15) is 9.84 Å². The summed E-state index contributed by atoms with van der Waals surface area (Å²) >= 11 is 3.92. The second-order valence-corrected chi connectivity index (χ2v) is 7.92. The quantitative estimate of drug-likeness (QED) is 0.601. The fraction of sp³-hybridized carbons (Fsp3) is 0.400. The maximum atomic E-state index is 10.9. The number of hydrogen-bond acceptors (Lipinski definition) is 3. The highest BCUT2D eigenvalue weighted by Crippen LogP contribution is 2.14. The highest BCUT2D eigenvalue weighted by Gasteiger charge is 2.01. The van der Waals surface area contributed by atoms with Crippen molar-refractivity contribution in [3.63, 3.8) is 0 Å². The van der Waals surface area contributed by atoms with Gasteiger partial charge in [0.05, 0.1) is 5.75 Å². The molecule has 0 atom stereocenters. The van der Waals surface area contributed by atoms with Crippen molar-refractivity contribution in [2.24, 2.45) is 0 Å². The van der Waals surface area contributed by atoms with Crippen LogP contribution < -0.4 is 0 Å². The summed E-state index contributed by atoms with van der Waals surface area (Å²) in [5.41, 5.74) is 1.24. The van der Waals surface area contributed by atoms with Crippen LogP contribution in [0.5, 0.6) is 0 Å². The first kappa shape index (κ1) is 13.3. The van der Waals surface area contributed by atoms with Crippen molar-refractivity contribution in [2.75, 3.05) is 17.8 Å². The summed E-state index contributed by atoms with van der Waals surface area (Å²) in [6, 6.07) is 8.28. The molecular weight excluding hydrogens is 343 g/mol. The summed E-state index contributed by atoms with van der Waals surface area (Å²) in [4.78, 5) is 0. The number of thioether (sulfide) groups is 1. The van der Waals surface area contributed by atoms with E-state index in [1.807, 2.05) is 0 Å². The van der Waals surface area contributed by atoms with Crippen LogP contribution in [0.15, 0.2) is 24.3 Å². The zero-order valence-corrected chi connectivity index (χ0v) is 12.2. The topological polar surface area (TPSA) is 34.1 Å². The van der Waals surface area contributed by atoms with Gasteiger partial charge < -0.3 is 0 Å². The van der Waals surface area contributed by atoms with Gasteiger partial charge in [0.2, 0.25) is 0 Å². The Balaban J connectivity index is 2.29. The molecule has 0 saturated heterocycles. The number of rotatable bonds is 5. The third-order valence-electron chi connectivity index (χ3n) is 1.78. The fourth-order valence-corrected chi connectivity index (χ4v) is 3.60. The second kappa shape index (κ2) is 6.10. The number of halogens is 1. The zero-order valence-electron chi connectivity index (χ0n) is 8.44. The van der Waals surface area contributed by atoms with E-state index in [-0.39, 0.29) is 5.75 Å². The molecule has 1 rings (SSSR count). The van der Waals surface area contributed by atoms with Gasteiger partial charge in [0.25, 0.3) is 0 Å². The second-order valence-electron chi connectivity index (χ2n) is 3.31. The molecule has 15 heavy (non-hydrogen) atoms. The lowest BCUT2D eigenvalue weighted by Gasteiger charge is -2.01. The number of hydrogen-bond donors (Lipinski definition) is 0. The molecular formula is C10H13IO2S2. The molecule has 84 valence electrons. The molecule has 0 unspecified atom stereocenters. The van der Waals surface area contributed by atoms with Gasteiger partial charge in [-0.15, -0.1) is 0 Å². The lowest BCUT2D eigenvalue weighted by atomic mass is 10.2. The Morgan fingerprint density at radius 1 is 1.27 bits per heavy atom. The zero-order chi connectivity index (χ0) is 11.3. The van der Waals surface area contributed by atoms with Crippen LogP contribution in [0.3, 0.4) is 0 Å². The van der Waals surface area contributed by atoms with Crippen molar-refractivity contribution in [2.45, 2.75) is 5.75 Å². The SMILES string of the molecule is CS(=O)(=O)CCSCc1ccc(I)cc1. The van der Waals surface area contributed by atoms with Gasteiger partial charge in [0, 0.05) is 21.3 Å². The molecule has 0 saturated carbocycles. The molecule has 0 radical (unpaired) electrons. The van der Waals surface area contributed by atoms with E-state index in [4.69, 9.17) is 0 Å². The van der Waals surface area contributed by atoms with Crippen LogP contribution in [-0.4, -0.2) is 26.2 Å². The van der Waals surface area contributed by atoms with E-state index >= 15 is 0 Å². The third kappa shape index (κ3) is 6.42. The molecule has 0 bridgehead atoms. The van der Waals surface area contributed by atoms with Gasteiger partial charge in [-0.25, -0.2) is 8.42 Å². The lowest BCUT2D eigenvalue weighted by Crippen LogP contribution is -2.05. The van der Waals surface area contributed by atoms with Crippen molar-refractivity contribution in [1.82, 2.24) is 0 Å². The van der Waals surface area contributed by atoms with Crippen LogP contribution in [0.2, 0.25) is 0 Å². The van der Waals surface area contributed by atoms with Gasteiger partial charge in [-0.1, -0.05) is 12.1 Å². The van der Waals surface area contributed by atoms with E-state index in [2.05, 4.69) is 46.9 Å². The summed E-state index contributed by atoms with van der Waals surface area (Å²) < 4.78 is 23.0. The van der Waals surface area contributed by atoms with E-state index in [9.17, 15) is 8.42 Å². The van der Waals surface area contributed by atoms with Crippen LogP contribution in [-0.2, 0) is 15.6 Å². The average molecular weight is 356 g/mol. The minimum Gasteiger partial charge on any atom is -0.229 e. The molecule has 0 heterocycles. The molecule has 0 fully saturated rings. The summed E-state index contributed by atoms with van der Waals surface area (Å²) in [6.45, 7) is 0. The summed E-state index contributed by atoms with van der Waals surface area (Å²) in [5, 5.41) is 0. The fourth-order valence-electron chi connectivity index (χ4n) is 0.981. The molecule has 0 amide bonds. The Morgan fingerprint density at radius 2 is 1.87 bits per heavy atom. The van der Waals surface area contributed by atoms with Crippen LogP contribution in [0.25, 0.3) is 0 Å². The minimum atomic E-state index is -2.81. The number of benzene rings is 1. The Kier molecular flexibility index (Phi) is 5.42. The first-order valence-corrected chi connectivity index (χ1v) is 8.77. The largest absolute Gasteiger partial charge is 0.229 e. The predicted molar refractivity (Wildman–Crippen MR) is 75.0 cm³/mol. The summed E-state index contributed by atoms with van der Waals surface area (Å²) in [5.74, 6) is 1.82. The number of sulfone groups is 1. The molecule has 0 spiro atoms. The maximum Gasteiger partial charge on any atom is 0.148 e. The highest BCUT2D eigenvalue weighted by atomic mass is 127.